The molecule has 0 bridgehead atoms. The van der Waals surface area contributed by atoms with Gasteiger partial charge in [-0.05, 0) is 30.7 Å². The lowest BCUT2D eigenvalue weighted by Gasteiger charge is -2.35. The van der Waals surface area contributed by atoms with Crippen LogP contribution in [0.25, 0.3) is 0 Å². The predicted octanol–water partition coefficient (Wildman–Crippen LogP) is 3.99. The Labute approximate surface area is 191 Å². The van der Waals surface area contributed by atoms with Gasteiger partial charge in [-0.15, -0.1) is 0 Å². The molecule has 1 amide bonds. The lowest BCUT2D eigenvalue weighted by atomic mass is 10.1. The van der Waals surface area contributed by atoms with Crippen LogP contribution >= 0.6 is 0 Å². The largest absolute Gasteiger partial charge is 0.417 e. The molecule has 1 fully saturated rings. The number of rotatable bonds is 8. The van der Waals surface area contributed by atoms with Gasteiger partial charge < -0.3 is 9.80 Å². The van der Waals surface area contributed by atoms with Crippen molar-refractivity contribution in [1.82, 2.24) is 9.88 Å². The molecule has 0 saturated carbocycles. The molecular weight excluding hydrogens is 457 g/mol. The van der Waals surface area contributed by atoms with Gasteiger partial charge in [0.15, 0.2) is 0 Å². The monoisotopic (exact) mass is 484 g/mol. The van der Waals surface area contributed by atoms with E-state index in [0.717, 1.165) is 18.9 Å². The number of nitrogens with zero attached hydrogens (tertiary/aromatic N) is 3. The first-order chi connectivity index (χ1) is 15.6. The molecule has 0 radical (unpaired) electrons. The van der Waals surface area contributed by atoms with Crippen molar-refractivity contribution in [1.29, 1.82) is 0 Å². The molecular formula is C22H27F3N4O3S. The van der Waals surface area contributed by atoms with E-state index in [2.05, 4.69) is 9.71 Å². The second-order valence-electron chi connectivity index (χ2n) is 7.86. The minimum absolute atomic E-state index is 0.0516. The van der Waals surface area contributed by atoms with Crippen molar-refractivity contribution in [3.05, 3.63) is 53.7 Å². The molecule has 0 aliphatic carbocycles. The summed E-state index contributed by atoms with van der Waals surface area (Å²) in [5.74, 6) is 0.00541. The number of hydrogen-bond acceptors (Lipinski definition) is 5. The van der Waals surface area contributed by atoms with Gasteiger partial charge in [0.05, 0.1) is 28.8 Å². The number of alkyl halides is 3. The van der Waals surface area contributed by atoms with Gasteiger partial charge in [0.25, 0.3) is 5.91 Å². The third kappa shape index (κ3) is 6.59. The number of hydrogen-bond donors (Lipinski definition) is 1. The number of nitrogens with one attached hydrogen (secondary N) is 1. The van der Waals surface area contributed by atoms with Gasteiger partial charge in [-0.2, -0.15) is 13.2 Å². The van der Waals surface area contributed by atoms with E-state index in [1.54, 1.807) is 12.1 Å². The predicted molar refractivity (Wildman–Crippen MR) is 121 cm³/mol. The van der Waals surface area contributed by atoms with E-state index >= 15 is 0 Å². The van der Waals surface area contributed by atoms with E-state index in [-0.39, 0.29) is 24.4 Å². The third-order valence-electron chi connectivity index (χ3n) is 5.39. The molecule has 3 rings (SSSR count). The Morgan fingerprint density at radius 3 is 2.36 bits per heavy atom. The van der Waals surface area contributed by atoms with Crippen molar-refractivity contribution in [2.24, 2.45) is 0 Å². The van der Waals surface area contributed by atoms with Crippen molar-refractivity contribution in [2.45, 2.75) is 32.4 Å². The number of unbranched alkanes of at least 4 members (excludes halogenated alkanes) is 2. The number of sulfonamides is 1. The number of anilines is 2. The van der Waals surface area contributed by atoms with E-state index in [1.807, 2.05) is 11.8 Å². The Morgan fingerprint density at radius 2 is 1.76 bits per heavy atom. The van der Waals surface area contributed by atoms with Crippen LogP contribution in [0.3, 0.4) is 0 Å². The summed E-state index contributed by atoms with van der Waals surface area (Å²) >= 11 is 0. The van der Waals surface area contributed by atoms with Crippen LogP contribution in [0.1, 0.15) is 42.1 Å². The molecule has 1 aliphatic rings. The summed E-state index contributed by atoms with van der Waals surface area (Å²) in [6, 6.07) is 8.09. The standard InChI is InChI=1S/C22H27F3N4O3S/c1-2-3-6-15-33(31,32)27-17-9-10-20(26-16-17)28-11-13-29(14-12-28)21(30)18-7-4-5-8-19(18)22(23,24)25/h4-5,7-10,16,27H,2-3,6,11-15H2,1H3. The summed E-state index contributed by atoms with van der Waals surface area (Å²) < 4.78 is 66.5. The van der Waals surface area contributed by atoms with Crippen LogP contribution in [0.15, 0.2) is 42.6 Å². The topological polar surface area (TPSA) is 82.6 Å². The summed E-state index contributed by atoms with van der Waals surface area (Å²) in [5.41, 5.74) is -0.924. The number of carbonyl (C=O) groups is 1. The number of pyridine rings is 1. The molecule has 7 nitrogen and oxygen atoms in total. The Kier molecular flexibility index (Phi) is 7.83. The van der Waals surface area contributed by atoms with Crippen molar-refractivity contribution in [3.8, 4) is 0 Å². The normalized spacial score (nSPS) is 14.9. The molecule has 33 heavy (non-hydrogen) atoms. The van der Waals surface area contributed by atoms with E-state index < -0.39 is 27.7 Å². The Morgan fingerprint density at radius 1 is 1.06 bits per heavy atom. The van der Waals surface area contributed by atoms with Gasteiger partial charge in [-0.3, -0.25) is 9.52 Å². The summed E-state index contributed by atoms with van der Waals surface area (Å²) in [6.07, 6.45) is -0.803. The molecule has 1 N–H and O–H groups in total. The zero-order valence-electron chi connectivity index (χ0n) is 18.3. The highest BCUT2D eigenvalue weighted by Crippen LogP contribution is 2.32. The van der Waals surface area contributed by atoms with E-state index in [0.29, 0.717) is 31.0 Å². The molecule has 1 aromatic heterocycles. The highest BCUT2D eigenvalue weighted by molar-refractivity contribution is 7.92. The van der Waals surface area contributed by atoms with Gasteiger partial charge >= 0.3 is 6.18 Å². The summed E-state index contributed by atoms with van der Waals surface area (Å²) in [5, 5.41) is 0. The lowest BCUT2D eigenvalue weighted by Crippen LogP contribution is -2.49. The molecule has 1 aliphatic heterocycles. The highest BCUT2D eigenvalue weighted by atomic mass is 32.2. The van der Waals surface area contributed by atoms with Gasteiger partial charge in [0, 0.05) is 26.2 Å². The maximum absolute atomic E-state index is 13.2. The minimum Gasteiger partial charge on any atom is -0.353 e. The van der Waals surface area contributed by atoms with Gasteiger partial charge in [-0.25, -0.2) is 13.4 Å². The van der Waals surface area contributed by atoms with Crippen LogP contribution < -0.4 is 9.62 Å². The number of halogens is 3. The Balaban J connectivity index is 1.59. The summed E-state index contributed by atoms with van der Waals surface area (Å²) in [6.45, 7) is 3.29. The molecule has 180 valence electrons. The maximum Gasteiger partial charge on any atom is 0.417 e. The second-order valence-corrected chi connectivity index (χ2v) is 9.70. The summed E-state index contributed by atoms with van der Waals surface area (Å²) in [7, 11) is -3.43. The van der Waals surface area contributed by atoms with Gasteiger partial charge in [0.2, 0.25) is 10.0 Å². The van der Waals surface area contributed by atoms with Crippen molar-refractivity contribution >= 4 is 27.4 Å². The minimum atomic E-state index is -4.60. The number of amides is 1. The van der Waals surface area contributed by atoms with E-state index in [4.69, 9.17) is 0 Å². The second kappa shape index (κ2) is 10.4. The highest BCUT2D eigenvalue weighted by Gasteiger charge is 2.36. The fraction of sp³-hybridized carbons (Fsp3) is 0.455. The van der Waals surface area contributed by atoms with Gasteiger partial charge in [-0.1, -0.05) is 31.9 Å². The average molecular weight is 485 g/mol. The number of piperazine rings is 1. The first-order valence-corrected chi connectivity index (χ1v) is 12.4. The third-order valence-corrected chi connectivity index (χ3v) is 6.76. The Bertz CT molecular complexity index is 1050. The molecule has 2 heterocycles. The fourth-order valence-corrected chi connectivity index (χ4v) is 4.80. The molecule has 1 saturated heterocycles. The first kappa shape index (κ1) is 24.8. The lowest BCUT2D eigenvalue weighted by molar-refractivity contribution is -0.138. The zero-order chi connectivity index (χ0) is 24.1. The summed E-state index contributed by atoms with van der Waals surface area (Å²) in [4.78, 5) is 20.3. The van der Waals surface area contributed by atoms with E-state index in [1.165, 1.54) is 29.3 Å². The smallest absolute Gasteiger partial charge is 0.353 e. The molecule has 0 spiro atoms. The average Bonchev–Trinajstić information content (AvgIpc) is 2.78. The number of carbonyl (C=O) groups excluding carboxylic acids is 1. The van der Waals surface area contributed by atoms with Crippen LogP contribution in [0.2, 0.25) is 0 Å². The molecule has 11 heteroatoms. The fourth-order valence-electron chi connectivity index (χ4n) is 3.63. The quantitative estimate of drug-likeness (QED) is 0.573. The van der Waals surface area contributed by atoms with Crippen molar-refractivity contribution in [3.63, 3.8) is 0 Å². The first-order valence-electron chi connectivity index (χ1n) is 10.8. The molecule has 2 aromatic rings. The van der Waals surface area contributed by atoms with Crippen LogP contribution in [-0.4, -0.2) is 56.1 Å². The molecule has 1 aromatic carbocycles. The van der Waals surface area contributed by atoms with Crippen LogP contribution in [-0.2, 0) is 16.2 Å². The zero-order valence-corrected chi connectivity index (χ0v) is 19.1. The molecule has 0 atom stereocenters. The van der Waals surface area contributed by atoms with Crippen LogP contribution in [0.5, 0.6) is 0 Å². The molecule has 0 unspecified atom stereocenters. The SMILES string of the molecule is CCCCCS(=O)(=O)Nc1ccc(N2CCN(C(=O)c3ccccc3C(F)(F)F)CC2)nc1. The van der Waals surface area contributed by atoms with Crippen molar-refractivity contribution < 1.29 is 26.4 Å². The van der Waals surface area contributed by atoms with Crippen molar-refractivity contribution in [2.75, 3.05) is 41.6 Å². The van der Waals surface area contributed by atoms with Crippen LogP contribution in [0.4, 0.5) is 24.7 Å². The van der Waals surface area contributed by atoms with Crippen LogP contribution in [0, 0.1) is 0 Å². The number of benzene rings is 1. The number of aromatic nitrogens is 1. The Hall–Kier alpha value is -2.82. The maximum atomic E-state index is 13.2. The van der Waals surface area contributed by atoms with E-state index in [9.17, 15) is 26.4 Å². The van der Waals surface area contributed by atoms with Gasteiger partial charge in [0.1, 0.15) is 5.82 Å².